The fourth-order valence-electron chi connectivity index (χ4n) is 5.71. The first-order valence-corrected chi connectivity index (χ1v) is 16.0. The summed E-state index contributed by atoms with van der Waals surface area (Å²) >= 11 is 11.9. The van der Waals surface area contributed by atoms with Crippen molar-refractivity contribution >= 4 is 44.8 Å². The number of anilines is 1. The number of imidazole rings is 1. The van der Waals surface area contributed by atoms with E-state index in [0.717, 1.165) is 53.9 Å². The van der Waals surface area contributed by atoms with Crippen LogP contribution in [0.15, 0.2) is 78.0 Å². The minimum atomic E-state index is -3.99. The number of rotatable bonds is 8. The quantitative estimate of drug-likeness (QED) is 0.240. The number of nitrogens with zero attached hydrogens (tertiary/aromatic N) is 3. The molecule has 0 aliphatic heterocycles. The van der Waals surface area contributed by atoms with Crippen molar-refractivity contribution in [1.82, 2.24) is 14.3 Å². The maximum Gasteiger partial charge on any atom is 0.241 e. The van der Waals surface area contributed by atoms with Crippen molar-refractivity contribution in [2.75, 3.05) is 4.90 Å². The van der Waals surface area contributed by atoms with Crippen LogP contribution in [0.4, 0.5) is 10.1 Å². The van der Waals surface area contributed by atoms with Crippen molar-refractivity contribution in [3.8, 4) is 0 Å². The highest BCUT2D eigenvalue weighted by molar-refractivity contribution is 7.89. The number of carbonyl (C=O) groups is 1. The normalized spacial score (nSPS) is 19.8. The zero-order valence-corrected chi connectivity index (χ0v) is 25.1. The van der Waals surface area contributed by atoms with Crippen LogP contribution in [0.1, 0.15) is 53.7 Å². The molecule has 6 rings (SSSR count). The van der Waals surface area contributed by atoms with Gasteiger partial charge in [0.1, 0.15) is 11.6 Å². The van der Waals surface area contributed by atoms with E-state index in [9.17, 15) is 17.6 Å². The molecule has 2 aliphatic carbocycles. The molecule has 0 radical (unpaired) electrons. The van der Waals surface area contributed by atoms with E-state index in [1.54, 1.807) is 11.1 Å². The monoisotopic (exact) mass is 626 g/mol. The van der Waals surface area contributed by atoms with Gasteiger partial charge in [0.05, 0.1) is 16.5 Å². The van der Waals surface area contributed by atoms with Gasteiger partial charge < -0.3 is 9.47 Å². The molecule has 4 aromatic rings. The number of benzene rings is 3. The van der Waals surface area contributed by atoms with Crippen molar-refractivity contribution in [3.63, 3.8) is 0 Å². The molecule has 1 N–H and O–H groups in total. The second-order valence-corrected chi connectivity index (χ2v) is 13.5. The third-order valence-corrected chi connectivity index (χ3v) is 10.2. The minimum Gasteiger partial charge on any atom is -0.337 e. The molecule has 0 unspecified atom stereocenters. The van der Waals surface area contributed by atoms with Crippen LogP contribution in [0.5, 0.6) is 0 Å². The van der Waals surface area contributed by atoms with Crippen LogP contribution >= 0.6 is 23.2 Å². The number of amides is 1. The van der Waals surface area contributed by atoms with Crippen molar-refractivity contribution in [3.05, 3.63) is 111 Å². The Labute approximate surface area is 254 Å². The van der Waals surface area contributed by atoms with Crippen molar-refractivity contribution < 1.29 is 17.6 Å². The average Bonchev–Trinajstić information content (AvgIpc) is 3.67. The van der Waals surface area contributed by atoms with Crippen LogP contribution in [0.2, 0.25) is 10.0 Å². The SMILES string of the molecule is Cn1ccnc1CN(C(=O)[C@H]1C[C@H]1c1ccc(Cl)cc1)c1ccc2c(c1)[C@H](NS(=O)(=O)c1ccc(F)c(Cl)c1)CCC2. The Kier molecular flexibility index (Phi) is 7.87. The van der Waals surface area contributed by atoms with Gasteiger partial charge in [-0.05, 0) is 90.8 Å². The molecule has 1 aromatic heterocycles. The predicted octanol–water partition coefficient (Wildman–Crippen LogP) is 6.56. The minimum absolute atomic E-state index is 0.00760. The highest BCUT2D eigenvalue weighted by Gasteiger charge is 2.46. The molecule has 7 nitrogen and oxygen atoms in total. The number of nitrogens with one attached hydrogen (secondary N) is 1. The molecule has 11 heteroatoms. The molecule has 2 aliphatic rings. The zero-order chi connectivity index (χ0) is 29.6. The number of halogens is 3. The van der Waals surface area contributed by atoms with Crippen LogP contribution in [0, 0.1) is 11.7 Å². The van der Waals surface area contributed by atoms with Gasteiger partial charge >= 0.3 is 0 Å². The predicted molar refractivity (Wildman–Crippen MR) is 161 cm³/mol. The molecule has 1 heterocycles. The summed E-state index contributed by atoms with van der Waals surface area (Å²) in [5.41, 5.74) is 3.60. The molecule has 0 spiro atoms. The number of aromatic nitrogens is 2. The first-order valence-electron chi connectivity index (χ1n) is 13.7. The number of fused-ring (bicyclic) bond motifs is 1. The lowest BCUT2D eigenvalue weighted by Crippen LogP contribution is -2.34. The van der Waals surface area contributed by atoms with Gasteiger partial charge in [0.15, 0.2) is 0 Å². The smallest absolute Gasteiger partial charge is 0.241 e. The van der Waals surface area contributed by atoms with E-state index in [0.29, 0.717) is 17.1 Å². The molecule has 1 fully saturated rings. The Morgan fingerprint density at radius 2 is 1.90 bits per heavy atom. The first kappa shape index (κ1) is 28.9. The summed E-state index contributed by atoms with van der Waals surface area (Å²) in [5, 5.41) is 0.394. The molecule has 218 valence electrons. The number of hydrogen-bond acceptors (Lipinski definition) is 4. The van der Waals surface area contributed by atoms with Gasteiger partial charge in [-0.3, -0.25) is 4.79 Å². The topological polar surface area (TPSA) is 84.3 Å². The fourth-order valence-corrected chi connectivity index (χ4v) is 7.36. The van der Waals surface area contributed by atoms with Gasteiger partial charge in [-0.15, -0.1) is 0 Å². The summed E-state index contributed by atoms with van der Waals surface area (Å²) in [7, 11) is -2.10. The van der Waals surface area contributed by atoms with Gasteiger partial charge in [-0.1, -0.05) is 41.4 Å². The van der Waals surface area contributed by atoms with Crippen LogP contribution < -0.4 is 9.62 Å². The van der Waals surface area contributed by atoms with Crippen molar-refractivity contribution in [2.45, 2.75) is 49.1 Å². The fraction of sp³-hybridized carbons (Fsp3) is 0.290. The number of aryl methyl sites for hydroxylation is 2. The Balaban J connectivity index is 1.31. The van der Waals surface area contributed by atoms with Crippen molar-refractivity contribution in [2.24, 2.45) is 13.0 Å². The lowest BCUT2D eigenvalue weighted by atomic mass is 9.87. The Morgan fingerprint density at radius 1 is 1.12 bits per heavy atom. The van der Waals surface area contributed by atoms with Crippen LogP contribution in [-0.2, 0) is 34.8 Å². The molecule has 0 saturated heterocycles. The zero-order valence-electron chi connectivity index (χ0n) is 22.8. The Bertz CT molecular complexity index is 1760. The van der Waals surface area contributed by atoms with E-state index in [4.69, 9.17) is 23.2 Å². The Hall–Kier alpha value is -3.24. The maximum atomic E-state index is 14.0. The lowest BCUT2D eigenvalue weighted by molar-refractivity contribution is -0.120. The van der Waals surface area contributed by atoms with E-state index in [2.05, 4.69) is 9.71 Å². The highest BCUT2D eigenvalue weighted by Crippen LogP contribution is 2.49. The van der Waals surface area contributed by atoms with E-state index < -0.39 is 21.9 Å². The third kappa shape index (κ3) is 5.83. The van der Waals surface area contributed by atoms with Crippen LogP contribution in [0.3, 0.4) is 0 Å². The van der Waals surface area contributed by atoms with Crippen molar-refractivity contribution in [1.29, 1.82) is 0 Å². The summed E-state index contributed by atoms with van der Waals surface area (Å²) in [6, 6.07) is 16.3. The third-order valence-electron chi connectivity index (χ3n) is 8.15. The van der Waals surface area contributed by atoms with Crippen LogP contribution in [-0.4, -0.2) is 23.9 Å². The summed E-state index contributed by atoms with van der Waals surface area (Å²) in [6.45, 7) is 0.273. The molecule has 3 atom stereocenters. The largest absolute Gasteiger partial charge is 0.337 e. The second-order valence-electron chi connectivity index (χ2n) is 10.9. The maximum absolute atomic E-state index is 14.0. The van der Waals surface area contributed by atoms with E-state index >= 15 is 0 Å². The van der Waals surface area contributed by atoms with Crippen LogP contribution in [0.25, 0.3) is 0 Å². The second kappa shape index (κ2) is 11.4. The molecular weight excluding hydrogens is 598 g/mol. The summed E-state index contributed by atoms with van der Waals surface area (Å²) in [4.78, 5) is 20.1. The Morgan fingerprint density at radius 3 is 2.62 bits per heavy atom. The average molecular weight is 628 g/mol. The van der Waals surface area contributed by atoms with E-state index in [1.807, 2.05) is 60.3 Å². The molecule has 42 heavy (non-hydrogen) atoms. The molecule has 0 bridgehead atoms. The number of sulfonamides is 1. The number of carbonyl (C=O) groups excluding carboxylic acids is 1. The van der Waals surface area contributed by atoms with Gasteiger partial charge in [0.2, 0.25) is 15.9 Å². The summed E-state index contributed by atoms with van der Waals surface area (Å²) in [6.07, 6.45) is 6.45. The molecule has 3 aromatic carbocycles. The van der Waals surface area contributed by atoms with Gasteiger partial charge in [0.25, 0.3) is 0 Å². The number of hydrogen-bond donors (Lipinski definition) is 1. The first-order chi connectivity index (χ1) is 20.1. The van der Waals surface area contributed by atoms with Gasteiger partial charge in [-0.25, -0.2) is 22.5 Å². The van der Waals surface area contributed by atoms with Gasteiger partial charge in [-0.2, -0.15) is 0 Å². The van der Waals surface area contributed by atoms with E-state index in [-0.39, 0.29) is 34.2 Å². The molecule has 1 amide bonds. The summed E-state index contributed by atoms with van der Waals surface area (Å²) in [5.74, 6) is -0.0324. The summed E-state index contributed by atoms with van der Waals surface area (Å²) < 4.78 is 44.9. The molecule has 1 saturated carbocycles. The standard InChI is InChI=1S/C31H29Cl2FN4O3S/c1-37-14-13-35-30(37)18-38(31(39)26-17-24(26)20-5-8-21(32)9-6-20)22-10-7-19-3-2-4-29(25(19)15-22)36-42(40,41)23-11-12-28(34)27(33)16-23/h5-16,24,26,29,36H,2-4,17-18H2,1H3/t24-,26-,29+/m0/s1. The molecular formula is C31H29Cl2FN4O3S. The lowest BCUT2D eigenvalue weighted by Gasteiger charge is -2.29. The highest BCUT2D eigenvalue weighted by atomic mass is 35.5. The van der Waals surface area contributed by atoms with E-state index in [1.165, 1.54) is 6.07 Å². The van der Waals surface area contributed by atoms with Gasteiger partial charge in [0, 0.05) is 42.1 Å².